The highest BCUT2D eigenvalue weighted by Gasteiger charge is 1.91. The fourth-order valence-electron chi connectivity index (χ4n) is 0.915. The highest BCUT2D eigenvalue weighted by molar-refractivity contribution is 9.10. The molecule has 0 fully saturated rings. The molecule has 0 aliphatic carbocycles. The van der Waals surface area contributed by atoms with Gasteiger partial charge in [0, 0.05) is 11.1 Å². The fourth-order valence-corrected chi connectivity index (χ4v) is 1.18. The smallest absolute Gasteiger partial charge is 0.0716 e. The Hall–Kier alpha value is -0.340. The van der Waals surface area contributed by atoms with Gasteiger partial charge in [0.05, 0.1) is 6.61 Å². The van der Waals surface area contributed by atoms with Crippen molar-refractivity contribution < 1.29 is 4.74 Å². The Bertz CT molecular complexity index is 218. The summed E-state index contributed by atoms with van der Waals surface area (Å²) in [4.78, 5) is 0. The number of hydrogen-bond donors (Lipinski definition) is 0. The van der Waals surface area contributed by atoms with Gasteiger partial charge in [-0.25, -0.2) is 0 Å². The molecule has 0 aliphatic heterocycles. The molecule has 1 aromatic carbocycles. The zero-order valence-corrected chi connectivity index (χ0v) is 8.80. The van der Waals surface area contributed by atoms with E-state index in [2.05, 4.69) is 35.0 Å². The van der Waals surface area contributed by atoms with Gasteiger partial charge in [-0.15, -0.1) is 0 Å². The molecule has 0 saturated heterocycles. The Labute approximate surface area is 81.9 Å². The minimum Gasteiger partial charge on any atom is -0.377 e. The average Bonchev–Trinajstić information content (AvgIpc) is 2.09. The summed E-state index contributed by atoms with van der Waals surface area (Å²) in [7, 11) is 0. The van der Waals surface area contributed by atoms with Crippen molar-refractivity contribution >= 4 is 15.9 Å². The molecule has 0 aliphatic rings. The molecular weight excluding hydrogens is 216 g/mol. The number of hydrogen-bond acceptors (Lipinski definition) is 1. The van der Waals surface area contributed by atoms with Crippen LogP contribution < -0.4 is 0 Å². The molecule has 0 radical (unpaired) electrons. The van der Waals surface area contributed by atoms with Crippen molar-refractivity contribution in [2.24, 2.45) is 0 Å². The van der Waals surface area contributed by atoms with E-state index in [0.29, 0.717) is 0 Å². The van der Waals surface area contributed by atoms with Gasteiger partial charge in [0.2, 0.25) is 0 Å². The van der Waals surface area contributed by atoms with Gasteiger partial charge in [0.15, 0.2) is 0 Å². The summed E-state index contributed by atoms with van der Waals surface area (Å²) >= 11 is 3.39. The van der Waals surface area contributed by atoms with Crippen molar-refractivity contribution in [2.45, 2.75) is 20.0 Å². The molecule has 0 N–H and O–H groups in total. The number of halogens is 1. The molecule has 12 heavy (non-hydrogen) atoms. The highest BCUT2D eigenvalue weighted by Crippen LogP contribution is 2.10. The van der Waals surface area contributed by atoms with Crippen LogP contribution in [0.25, 0.3) is 0 Å². The molecule has 0 amide bonds. The lowest BCUT2D eigenvalue weighted by Gasteiger charge is -2.01. The van der Waals surface area contributed by atoms with E-state index in [1.807, 2.05) is 12.1 Å². The Morgan fingerprint density at radius 3 is 2.50 bits per heavy atom. The number of rotatable bonds is 4. The lowest BCUT2D eigenvalue weighted by atomic mass is 10.2. The van der Waals surface area contributed by atoms with Gasteiger partial charge in [-0.1, -0.05) is 35.0 Å². The fraction of sp³-hybridized carbons (Fsp3) is 0.400. The average molecular weight is 229 g/mol. The summed E-state index contributed by atoms with van der Waals surface area (Å²) in [6.45, 7) is 3.68. The topological polar surface area (TPSA) is 9.23 Å². The highest BCUT2D eigenvalue weighted by atomic mass is 79.9. The standard InChI is InChI=1S/C10H13BrO/c1-2-7-12-8-9-3-5-10(11)6-4-9/h3-6H,2,7-8H2,1H3. The summed E-state index contributed by atoms with van der Waals surface area (Å²) in [5.74, 6) is 0. The van der Waals surface area contributed by atoms with E-state index in [-0.39, 0.29) is 0 Å². The Morgan fingerprint density at radius 2 is 1.92 bits per heavy atom. The van der Waals surface area contributed by atoms with E-state index < -0.39 is 0 Å². The van der Waals surface area contributed by atoms with E-state index >= 15 is 0 Å². The first kappa shape index (κ1) is 9.75. The van der Waals surface area contributed by atoms with Gasteiger partial charge in [-0.2, -0.15) is 0 Å². The predicted molar refractivity (Wildman–Crippen MR) is 54.1 cm³/mol. The van der Waals surface area contributed by atoms with E-state index in [4.69, 9.17) is 4.74 Å². The second-order valence-corrected chi connectivity index (χ2v) is 3.59. The molecule has 0 heterocycles. The van der Waals surface area contributed by atoms with Crippen LogP contribution in [0.15, 0.2) is 28.7 Å². The van der Waals surface area contributed by atoms with Gasteiger partial charge in [-0.05, 0) is 24.1 Å². The molecule has 0 aromatic heterocycles. The van der Waals surface area contributed by atoms with Crippen LogP contribution in [0.1, 0.15) is 18.9 Å². The first-order valence-electron chi connectivity index (χ1n) is 4.15. The van der Waals surface area contributed by atoms with Gasteiger partial charge in [0.25, 0.3) is 0 Å². The van der Waals surface area contributed by atoms with Crippen molar-refractivity contribution in [1.82, 2.24) is 0 Å². The van der Waals surface area contributed by atoms with Crippen LogP contribution in [-0.2, 0) is 11.3 Å². The largest absolute Gasteiger partial charge is 0.377 e. The van der Waals surface area contributed by atoms with Crippen LogP contribution in [-0.4, -0.2) is 6.61 Å². The Morgan fingerprint density at radius 1 is 1.25 bits per heavy atom. The zero-order chi connectivity index (χ0) is 8.81. The van der Waals surface area contributed by atoms with Crippen molar-refractivity contribution in [3.05, 3.63) is 34.3 Å². The number of benzene rings is 1. The summed E-state index contributed by atoms with van der Waals surface area (Å²) in [6, 6.07) is 8.20. The van der Waals surface area contributed by atoms with Gasteiger partial charge >= 0.3 is 0 Å². The van der Waals surface area contributed by atoms with Crippen LogP contribution in [0.2, 0.25) is 0 Å². The summed E-state index contributed by atoms with van der Waals surface area (Å²) in [5.41, 5.74) is 1.23. The molecule has 0 unspecified atom stereocenters. The van der Waals surface area contributed by atoms with E-state index in [1.165, 1.54) is 5.56 Å². The first-order valence-corrected chi connectivity index (χ1v) is 4.94. The zero-order valence-electron chi connectivity index (χ0n) is 7.22. The molecule has 0 saturated carbocycles. The van der Waals surface area contributed by atoms with E-state index in [0.717, 1.165) is 24.1 Å². The normalized spacial score (nSPS) is 10.2. The molecule has 0 bridgehead atoms. The Kier molecular flexibility index (Phi) is 4.33. The van der Waals surface area contributed by atoms with Crippen molar-refractivity contribution in [3.63, 3.8) is 0 Å². The first-order chi connectivity index (χ1) is 5.83. The molecule has 1 rings (SSSR count). The van der Waals surface area contributed by atoms with Gasteiger partial charge < -0.3 is 4.74 Å². The third kappa shape index (κ3) is 3.37. The maximum Gasteiger partial charge on any atom is 0.0716 e. The van der Waals surface area contributed by atoms with E-state index in [1.54, 1.807) is 0 Å². The molecular formula is C10H13BrO. The summed E-state index contributed by atoms with van der Waals surface area (Å²) < 4.78 is 6.51. The minimum atomic E-state index is 0.723. The second-order valence-electron chi connectivity index (χ2n) is 2.68. The predicted octanol–water partition coefficient (Wildman–Crippen LogP) is 3.38. The second kappa shape index (κ2) is 5.33. The minimum absolute atomic E-state index is 0.723. The van der Waals surface area contributed by atoms with Gasteiger partial charge in [0.1, 0.15) is 0 Å². The molecule has 2 heteroatoms. The maximum atomic E-state index is 5.39. The van der Waals surface area contributed by atoms with Crippen LogP contribution in [0.3, 0.4) is 0 Å². The molecule has 0 atom stereocenters. The van der Waals surface area contributed by atoms with Crippen LogP contribution in [0, 0.1) is 0 Å². The van der Waals surface area contributed by atoms with Crippen LogP contribution in [0.4, 0.5) is 0 Å². The van der Waals surface area contributed by atoms with E-state index in [9.17, 15) is 0 Å². The third-order valence-electron chi connectivity index (χ3n) is 1.53. The SMILES string of the molecule is CCCOCc1ccc(Br)cc1. The molecule has 1 aromatic rings. The summed E-state index contributed by atoms with van der Waals surface area (Å²) in [5, 5.41) is 0. The number of ether oxygens (including phenoxy) is 1. The third-order valence-corrected chi connectivity index (χ3v) is 2.06. The lowest BCUT2D eigenvalue weighted by molar-refractivity contribution is 0.121. The molecule has 66 valence electrons. The van der Waals surface area contributed by atoms with Crippen LogP contribution >= 0.6 is 15.9 Å². The van der Waals surface area contributed by atoms with Gasteiger partial charge in [-0.3, -0.25) is 0 Å². The van der Waals surface area contributed by atoms with Crippen LogP contribution in [0.5, 0.6) is 0 Å². The Balaban J connectivity index is 2.37. The van der Waals surface area contributed by atoms with Crippen molar-refractivity contribution in [2.75, 3.05) is 6.61 Å². The van der Waals surface area contributed by atoms with Crippen molar-refractivity contribution in [3.8, 4) is 0 Å². The monoisotopic (exact) mass is 228 g/mol. The lowest BCUT2D eigenvalue weighted by Crippen LogP contribution is -1.93. The quantitative estimate of drug-likeness (QED) is 0.719. The molecule has 1 nitrogen and oxygen atoms in total. The maximum absolute atomic E-state index is 5.39. The van der Waals surface area contributed by atoms with Crippen molar-refractivity contribution in [1.29, 1.82) is 0 Å². The molecule has 0 spiro atoms. The summed E-state index contributed by atoms with van der Waals surface area (Å²) in [6.07, 6.45) is 1.08.